The lowest BCUT2D eigenvalue weighted by Gasteiger charge is -2.14. The van der Waals surface area contributed by atoms with Gasteiger partial charge in [0.05, 0.1) is 16.3 Å². The van der Waals surface area contributed by atoms with Crippen molar-refractivity contribution in [1.29, 1.82) is 0 Å². The van der Waals surface area contributed by atoms with E-state index >= 15 is 0 Å². The Morgan fingerprint density at radius 3 is 2.75 bits per heavy atom. The molecule has 1 aliphatic heterocycles. The first kappa shape index (κ1) is 18.7. The highest BCUT2D eigenvalue weighted by molar-refractivity contribution is 7.16. The van der Waals surface area contributed by atoms with Gasteiger partial charge in [-0.05, 0) is 43.2 Å². The minimum Gasteiger partial charge on any atom is -0.312 e. The summed E-state index contributed by atoms with van der Waals surface area (Å²) in [5, 5.41) is 3.77. The Morgan fingerprint density at radius 1 is 1.21 bits per heavy atom. The van der Waals surface area contributed by atoms with Crippen LogP contribution < -0.4 is 10.2 Å². The van der Waals surface area contributed by atoms with Gasteiger partial charge < -0.3 is 4.90 Å². The van der Waals surface area contributed by atoms with E-state index in [-0.39, 0.29) is 11.8 Å². The number of hydrogen-bond acceptors (Lipinski definition) is 4. The van der Waals surface area contributed by atoms with Gasteiger partial charge in [-0.1, -0.05) is 29.8 Å². The summed E-state index contributed by atoms with van der Waals surface area (Å²) < 4.78 is 0. The van der Waals surface area contributed by atoms with Gasteiger partial charge in [-0.15, -0.1) is 11.3 Å². The monoisotopic (exact) mass is 411 g/mol. The summed E-state index contributed by atoms with van der Waals surface area (Å²) in [5.41, 5.74) is 4.35. The fraction of sp³-hybridized carbons (Fsp3) is 0.190. The van der Waals surface area contributed by atoms with Gasteiger partial charge in [0, 0.05) is 29.6 Å². The van der Waals surface area contributed by atoms with Crippen LogP contribution in [0.4, 0.5) is 10.8 Å². The Hall–Kier alpha value is -2.70. The molecule has 0 saturated heterocycles. The first-order chi connectivity index (χ1) is 13.4. The number of rotatable bonds is 3. The van der Waals surface area contributed by atoms with Crippen LogP contribution in [0.2, 0.25) is 5.02 Å². The molecule has 7 heteroatoms. The van der Waals surface area contributed by atoms with Crippen LogP contribution >= 0.6 is 22.9 Å². The molecule has 0 spiro atoms. The summed E-state index contributed by atoms with van der Waals surface area (Å²) in [6, 6.07) is 13.0. The molecule has 0 atom stereocenters. The predicted octanol–water partition coefficient (Wildman–Crippen LogP) is 4.93. The molecule has 2 amide bonds. The third kappa shape index (κ3) is 3.41. The van der Waals surface area contributed by atoms with Crippen molar-refractivity contribution in [3.8, 4) is 11.3 Å². The number of nitrogens with zero attached hydrogens (tertiary/aromatic N) is 2. The molecule has 28 heavy (non-hydrogen) atoms. The van der Waals surface area contributed by atoms with Crippen LogP contribution in [0.25, 0.3) is 11.3 Å². The Balaban J connectivity index is 1.60. The van der Waals surface area contributed by atoms with Crippen LogP contribution in [0.3, 0.4) is 0 Å². The second kappa shape index (κ2) is 7.37. The van der Waals surface area contributed by atoms with E-state index in [0.717, 1.165) is 33.8 Å². The summed E-state index contributed by atoms with van der Waals surface area (Å²) in [5.74, 6) is -0.224. The van der Waals surface area contributed by atoms with Gasteiger partial charge in [0.25, 0.3) is 5.91 Å². The maximum atomic E-state index is 12.5. The molecular formula is C21H18ClN3O2S. The number of carbonyl (C=O) groups excluding carboxylic acids is 2. The van der Waals surface area contributed by atoms with E-state index in [1.165, 1.54) is 11.3 Å². The molecule has 1 N–H and O–H groups in total. The van der Waals surface area contributed by atoms with Crippen molar-refractivity contribution >= 4 is 45.6 Å². The van der Waals surface area contributed by atoms with Gasteiger partial charge in [-0.2, -0.15) is 0 Å². The van der Waals surface area contributed by atoms with E-state index in [2.05, 4.69) is 16.4 Å². The second-order valence-corrected chi connectivity index (χ2v) is 8.23. The number of aromatic nitrogens is 1. The van der Waals surface area contributed by atoms with E-state index < -0.39 is 0 Å². The molecule has 1 aromatic heterocycles. The number of nitrogens with one attached hydrogen (secondary N) is 1. The molecule has 142 valence electrons. The van der Waals surface area contributed by atoms with Gasteiger partial charge in [0.2, 0.25) is 5.91 Å². The Kier molecular flexibility index (Phi) is 4.91. The topological polar surface area (TPSA) is 62.3 Å². The third-order valence-electron chi connectivity index (χ3n) is 4.76. The number of carbonyl (C=O) groups is 2. The largest absolute Gasteiger partial charge is 0.312 e. The molecule has 0 bridgehead atoms. The fourth-order valence-corrected chi connectivity index (χ4v) is 4.46. The molecule has 0 aliphatic carbocycles. The Bertz CT molecular complexity index is 1090. The molecule has 0 unspecified atom stereocenters. The number of aryl methyl sites for hydroxylation is 1. The molecule has 3 aromatic rings. The Labute approximate surface area is 172 Å². The van der Waals surface area contributed by atoms with E-state index in [0.29, 0.717) is 22.3 Å². The summed E-state index contributed by atoms with van der Waals surface area (Å²) in [6.45, 7) is 4.28. The van der Waals surface area contributed by atoms with E-state index in [1.807, 2.05) is 19.1 Å². The number of thiazole rings is 1. The van der Waals surface area contributed by atoms with Crippen molar-refractivity contribution in [2.45, 2.75) is 20.3 Å². The highest BCUT2D eigenvalue weighted by Gasteiger charge is 2.23. The first-order valence-corrected chi connectivity index (χ1v) is 10.1. The second-order valence-electron chi connectivity index (χ2n) is 6.62. The molecule has 2 heterocycles. The molecule has 1 aliphatic rings. The number of amides is 2. The lowest BCUT2D eigenvalue weighted by atomic mass is 10.1. The molecule has 0 fully saturated rings. The SMILES string of the molecule is CC(=O)N1CCc2cc(-c3nc(NC(=O)c4ccccc4Cl)sc3C)ccc21. The molecule has 5 nitrogen and oxygen atoms in total. The minimum atomic E-state index is -0.281. The van der Waals surface area contributed by atoms with E-state index in [4.69, 9.17) is 11.6 Å². The number of anilines is 2. The van der Waals surface area contributed by atoms with Crippen molar-refractivity contribution < 1.29 is 9.59 Å². The third-order valence-corrected chi connectivity index (χ3v) is 5.98. The van der Waals surface area contributed by atoms with Crippen molar-refractivity contribution in [2.75, 3.05) is 16.8 Å². The summed E-state index contributed by atoms with van der Waals surface area (Å²) >= 11 is 7.53. The van der Waals surface area contributed by atoms with Crippen molar-refractivity contribution in [3.63, 3.8) is 0 Å². The van der Waals surface area contributed by atoms with E-state index in [9.17, 15) is 9.59 Å². The molecule has 4 rings (SSSR count). The average Bonchev–Trinajstić information content (AvgIpc) is 3.24. The van der Waals surface area contributed by atoms with Crippen LogP contribution in [0.1, 0.15) is 27.7 Å². The van der Waals surface area contributed by atoms with Crippen LogP contribution in [0.5, 0.6) is 0 Å². The lowest BCUT2D eigenvalue weighted by Crippen LogP contribution is -2.25. The fourth-order valence-electron chi connectivity index (χ4n) is 3.40. The van der Waals surface area contributed by atoms with Gasteiger partial charge in [-0.25, -0.2) is 4.98 Å². The van der Waals surface area contributed by atoms with Crippen molar-refractivity contribution in [2.24, 2.45) is 0 Å². The summed E-state index contributed by atoms with van der Waals surface area (Å²) in [6.07, 6.45) is 0.835. The predicted molar refractivity (Wildman–Crippen MR) is 113 cm³/mol. The minimum absolute atomic E-state index is 0.0564. The zero-order valence-electron chi connectivity index (χ0n) is 15.5. The maximum Gasteiger partial charge on any atom is 0.258 e. The van der Waals surface area contributed by atoms with Crippen LogP contribution in [-0.4, -0.2) is 23.3 Å². The molecule has 0 radical (unpaired) electrons. The number of benzene rings is 2. The number of halogens is 1. The van der Waals surface area contributed by atoms with Crippen molar-refractivity contribution in [3.05, 3.63) is 63.5 Å². The molecule has 0 saturated carbocycles. The zero-order valence-corrected chi connectivity index (χ0v) is 17.0. The van der Waals surface area contributed by atoms with Gasteiger partial charge in [0.1, 0.15) is 0 Å². The zero-order chi connectivity index (χ0) is 19.8. The summed E-state index contributed by atoms with van der Waals surface area (Å²) in [7, 11) is 0. The normalized spacial score (nSPS) is 12.8. The van der Waals surface area contributed by atoms with Crippen LogP contribution in [0, 0.1) is 6.92 Å². The number of fused-ring (bicyclic) bond motifs is 1. The quantitative estimate of drug-likeness (QED) is 0.664. The number of hydrogen-bond donors (Lipinski definition) is 1. The van der Waals surface area contributed by atoms with Crippen molar-refractivity contribution in [1.82, 2.24) is 4.98 Å². The standard InChI is InChI=1S/C21H18ClN3O2S/c1-12-19(15-7-8-18-14(11-15)9-10-25(18)13(2)26)23-21(28-12)24-20(27)16-5-3-4-6-17(16)22/h3-8,11H,9-10H2,1-2H3,(H,23,24,27). The Morgan fingerprint density at radius 2 is 2.00 bits per heavy atom. The van der Waals surface area contributed by atoms with Gasteiger partial charge in [-0.3, -0.25) is 14.9 Å². The average molecular weight is 412 g/mol. The van der Waals surface area contributed by atoms with Gasteiger partial charge >= 0.3 is 0 Å². The van der Waals surface area contributed by atoms with Crippen LogP contribution in [0.15, 0.2) is 42.5 Å². The highest BCUT2D eigenvalue weighted by atomic mass is 35.5. The highest BCUT2D eigenvalue weighted by Crippen LogP contribution is 2.36. The molecule has 2 aromatic carbocycles. The van der Waals surface area contributed by atoms with Gasteiger partial charge in [0.15, 0.2) is 5.13 Å². The lowest BCUT2D eigenvalue weighted by molar-refractivity contribution is -0.116. The van der Waals surface area contributed by atoms with E-state index in [1.54, 1.807) is 36.1 Å². The summed E-state index contributed by atoms with van der Waals surface area (Å²) in [4.78, 5) is 31.6. The smallest absolute Gasteiger partial charge is 0.258 e. The first-order valence-electron chi connectivity index (χ1n) is 8.89. The maximum absolute atomic E-state index is 12.5. The van der Waals surface area contributed by atoms with Crippen LogP contribution in [-0.2, 0) is 11.2 Å². The molecular weight excluding hydrogens is 394 g/mol.